The van der Waals surface area contributed by atoms with Gasteiger partial charge in [0.05, 0.1) is 15.9 Å². The Hall–Kier alpha value is -1.56. The number of benzene rings is 1. The maximum absolute atomic E-state index is 11.3. The Labute approximate surface area is 90.0 Å². The molecule has 0 saturated heterocycles. The van der Waals surface area contributed by atoms with Crippen LogP contribution in [0, 0.1) is 10.1 Å². The van der Waals surface area contributed by atoms with Crippen LogP contribution in [-0.4, -0.2) is 16.1 Å². The average molecular weight is 224 g/mol. The number of nitrogens with zero attached hydrogens (tertiary/aromatic N) is 1. The first kappa shape index (κ1) is 9.97. The molecular weight excluding hydrogens is 216 g/mol. The predicted molar refractivity (Wildman–Crippen MR) is 57.0 cm³/mol. The molecular formula is C9H8N2O3S. The lowest BCUT2D eigenvalue weighted by Crippen LogP contribution is -2.26. The van der Waals surface area contributed by atoms with Gasteiger partial charge in [0.25, 0.3) is 5.69 Å². The molecule has 15 heavy (non-hydrogen) atoms. The highest BCUT2D eigenvalue weighted by atomic mass is 32.2. The third-order valence-corrected chi connectivity index (χ3v) is 3.28. The van der Waals surface area contributed by atoms with Gasteiger partial charge in [-0.15, -0.1) is 11.8 Å². The van der Waals surface area contributed by atoms with Crippen LogP contribution in [0.3, 0.4) is 0 Å². The fourth-order valence-corrected chi connectivity index (χ4v) is 2.24. The van der Waals surface area contributed by atoms with Crippen LogP contribution in [0.5, 0.6) is 0 Å². The number of nitro benzene ring substituents is 1. The lowest BCUT2D eigenvalue weighted by Gasteiger charge is -2.20. The molecule has 0 bridgehead atoms. The minimum atomic E-state index is -0.477. The summed E-state index contributed by atoms with van der Waals surface area (Å²) < 4.78 is 0. The molecule has 78 valence electrons. The van der Waals surface area contributed by atoms with E-state index in [0.29, 0.717) is 5.69 Å². The molecule has 0 aromatic heterocycles. The van der Waals surface area contributed by atoms with Crippen LogP contribution in [-0.2, 0) is 4.79 Å². The average Bonchev–Trinajstić information content (AvgIpc) is 2.19. The second-order valence-electron chi connectivity index (χ2n) is 3.19. The molecule has 1 aromatic rings. The highest BCUT2D eigenvalue weighted by molar-refractivity contribution is 8.00. The van der Waals surface area contributed by atoms with Gasteiger partial charge in [0.15, 0.2) is 0 Å². The Bertz CT molecular complexity index is 447. The lowest BCUT2D eigenvalue weighted by molar-refractivity contribution is -0.384. The topological polar surface area (TPSA) is 72.2 Å². The molecule has 0 fully saturated rings. The molecule has 1 aromatic carbocycles. The summed E-state index contributed by atoms with van der Waals surface area (Å²) in [5.41, 5.74) is 0.515. The zero-order chi connectivity index (χ0) is 11.0. The first-order valence-corrected chi connectivity index (χ1v) is 5.22. The smallest absolute Gasteiger partial charge is 0.271 e. The number of fused-ring (bicyclic) bond motifs is 1. The molecule has 0 saturated carbocycles. The van der Waals surface area contributed by atoms with E-state index in [1.54, 1.807) is 13.0 Å². The van der Waals surface area contributed by atoms with Crippen molar-refractivity contribution in [2.75, 3.05) is 5.32 Å². The summed E-state index contributed by atoms with van der Waals surface area (Å²) in [6, 6.07) is 4.48. The van der Waals surface area contributed by atoms with Crippen LogP contribution in [0.1, 0.15) is 6.92 Å². The molecule has 1 amide bonds. The van der Waals surface area contributed by atoms with E-state index in [0.717, 1.165) is 4.90 Å². The van der Waals surface area contributed by atoms with Gasteiger partial charge >= 0.3 is 0 Å². The molecule has 0 radical (unpaired) electrons. The van der Waals surface area contributed by atoms with Gasteiger partial charge in [-0.2, -0.15) is 0 Å². The third kappa shape index (κ3) is 1.80. The van der Waals surface area contributed by atoms with Crippen molar-refractivity contribution < 1.29 is 9.72 Å². The standard InChI is InChI=1S/C9H8N2O3S/c1-5-9(12)10-7-4-6(11(13)14)2-3-8(7)15-5/h2-5H,1H3,(H,10,12)/t5-/m1/s1. The Balaban J connectivity index is 2.41. The zero-order valence-corrected chi connectivity index (χ0v) is 8.71. The number of carbonyl (C=O) groups excluding carboxylic acids is 1. The number of nitrogens with one attached hydrogen (secondary N) is 1. The Kier molecular flexibility index (Phi) is 2.36. The first-order chi connectivity index (χ1) is 7.08. The molecule has 1 N–H and O–H groups in total. The van der Waals surface area contributed by atoms with Gasteiger partial charge in [-0.25, -0.2) is 0 Å². The van der Waals surface area contributed by atoms with Crippen LogP contribution in [0.15, 0.2) is 23.1 Å². The number of carbonyl (C=O) groups is 1. The van der Waals surface area contributed by atoms with Crippen molar-refractivity contribution >= 4 is 29.0 Å². The highest BCUT2D eigenvalue weighted by Gasteiger charge is 2.24. The maximum Gasteiger partial charge on any atom is 0.271 e. The molecule has 1 atom stereocenters. The fraction of sp³-hybridized carbons (Fsp3) is 0.222. The summed E-state index contributed by atoms with van der Waals surface area (Å²) in [5.74, 6) is -0.118. The van der Waals surface area contributed by atoms with Crippen LogP contribution < -0.4 is 5.32 Å². The van der Waals surface area contributed by atoms with Crippen molar-refractivity contribution in [3.8, 4) is 0 Å². The minimum Gasteiger partial charge on any atom is -0.324 e. The maximum atomic E-state index is 11.3. The van der Waals surface area contributed by atoms with Crippen molar-refractivity contribution in [2.24, 2.45) is 0 Å². The third-order valence-electron chi connectivity index (χ3n) is 2.10. The number of hydrogen-bond acceptors (Lipinski definition) is 4. The van der Waals surface area contributed by atoms with E-state index in [2.05, 4.69) is 5.32 Å². The number of rotatable bonds is 1. The Morgan fingerprint density at radius 1 is 1.53 bits per heavy atom. The fourth-order valence-electron chi connectivity index (χ4n) is 1.31. The second-order valence-corrected chi connectivity index (χ2v) is 4.57. The molecule has 1 heterocycles. The molecule has 0 unspecified atom stereocenters. The lowest BCUT2D eigenvalue weighted by atomic mass is 10.2. The Morgan fingerprint density at radius 3 is 2.93 bits per heavy atom. The van der Waals surface area contributed by atoms with Crippen LogP contribution in [0.25, 0.3) is 0 Å². The van der Waals surface area contributed by atoms with Crippen LogP contribution >= 0.6 is 11.8 Å². The van der Waals surface area contributed by atoms with E-state index in [9.17, 15) is 14.9 Å². The molecule has 1 aliphatic rings. The van der Waals surface area contributed by atoms with E-state index in [1.807, 2.05) is 0 Å². The number of thioether (sulfide) groups is 1. The molecule has 0 aliphatic carbocycles. The predicted octanol–water partition coefficient (Wildman–Crippen LogP) is 2.03. The van der Waals surface area contributed by atoms with Gasteiger partial charge in [0.1, 0.15) is 0 Å². The van der Waals surface area contributed by atoms with Gasteiger partial charge in [0.2, 0.25) is 5.91 Å². The summed E-state index contributed by atoms with van der Waals surface area (Å²) >= 11 is 1.41. The van der Waals surface area contributed by atoms with Gasteiger partial charge in [-0.1, -0.05) is 0 Å². The summed E-state index contributed by atoms with van der Waals surface area (Å²) in [4.78, 5) is 22.2. The molecule has 5 nitrogen and oxygen atoms in total. The van der Waals surface area contributed by atoms with Gasteiger partial charge in [-0.05, 0) is 13.0 Å². The number of anilines is 1. The van der Waals surface area contributed by atoms with Gasteiger partial charge in [-0.3, -0.25) is 14.9 Å². The normalized spacial score (nSPS) is 19.3. The second kappa shape index (κ2) is 3.54. The van der Waals surface area contributed by atoms with Crippen molar-refractivity contribution in [2.45, 2.75) is 17.1 Å². The quantitative estimate of drug-likeness (QED) is 0.585. The SMILES string of the molecule is C[C@H]1Sc2ccc([N+](=O)[O-])cc2NC1=O. The van der Waals surface area contributed by atoms with Crippen molar-refractivity contribution in [1.29, 1.82) is 0 Å². The minimum absolute atomic E-state index is 0.01000. The molecule has 0 spiro atoms. The monoisotopic (exact) mass is 224 g/mol. The molecule has 2 rings (SSSR count). The summed E-state index contributed by atoms with van der Waals surface area (Å²) in [5, 5.41) is 13.0. The first-order valence-electron chi connectivity index (χ1n) is 4.34. The zero-order valence-electron chi connectivity index (χ0n) is 7.89. The van der Waals surface area contributed by atoms with Crippen molar-refractivity contribution in [3.63, 3.8) is 0 Å². The highest BCUT2D eigenvalue weighted by Crippen LogP contribution is 2.37. The number of amides is 1. The Morgan fingerprint density at radius 2 is 2.27 bits per heavy atom. The van der Waals surface area contributed by atoms with E-state index in [1.165, 1.54) is 23.9 Å². The molecule has 1 aliphatic heterocycles. The number of hydrogen-bond donors (Lipinski definition) is 1. The molecule has 6 heteroatoms. The van der Waals surface area contributed by atoms with Crippen molar-refractivity contribution in [1.82, 2.24) is 0 Å². The van der Waals surface area contributed by atoms with E-state index in [-0.39, 0.29) is 16.8 Å². The number of nitro groups is 1. The van der Waals surface area contributed by atoms with Gasteiger partial charge in [0, 0.05) is 17.0 Å². The van der Waals surface area contributed by atoms with Crippen LogP contribution in [0.2, 0.25) is 0 Å². The van der Waals surface area contributed by atoms with E-state index >= 15 is 0 Å². The summed E-state index contributed by atoms with van der Waals surface area (Å²) in [7, 11) is 0. The van der Waals surface area contributed by atoms with Crippen LogP contribution in [0.4, 0.5) is 11.4 Å². The van der Waals surface area contributed by atoms with E-state index in [4.69, 9.17) is 0 Å². The van der Waals surface area contributed by atoms with Gasteiger partial charge < -0.3 is 5.32 Å². The number of non-ortho nitro benzene ring substituents is 1. The largest absolute Gasteiger partial charge is 0.324 e. The summed E-state index contributed by atoms with van der Waals surface area (Å²) in [6.45, 7) is 1.80. The summed E-state index contributed by atoms with van der Waals surface area (Å²) in [6.07, 6.45) is 0. The van der Waals surface area contributed by atoms with E-state index < -0.39 is 4.92 Å². The van der Waals surface area contributed by atoms with Crippen molar-refractivity contribution in [3.05, 3.63) is 28.3 Å².